The number of ketones is 1. The van der Waals surface area contributed by atoms with Crippen LogP contribution < -0.4 is 4.74 Å². The number of ether oxygens (including phenoxy) is 1. The summed E-state index contributed by atoms with van der Waals surface area (Å²) in [4.78, 5) is 18.4. The largest absolute Gasteiger partial charge is 0.504 e. The second-order valence-corrected chi connectivity index (χ2v) is 13.7. The first-order chi connectivity index (χ1) is 22.0. The lowest BCUT2D eigenvalue weighted by molar-refractivity contribution is -0.198. The Morgan fingerprint density at radius 1 is 1.00 bits per heavy atom. The number of likely N-dealkylation sites (tertiary alicyclic amines) is 1. The van der Waals surface area contributed by atoms with Crippen LogP contribution >= 0.6 is 0 Å². The van der Waals surface area contributed by atoms with E-state index in [0.717, 1.165) is 82.1 Å². The number of nitrogens with zero attached hydrogens (tertiary/aromatic N) is 2. The van der Waals surface area contributed by atoms with Crippen LogP contribution in [0.3, 0.4) is 0 Å². The van der Waals surface area contributed by atoms with Crippen molar-refractivity contribution in [1.29, 1.82) is 0 Å². The number of phenols is 1. The number of carbonyl (C=O) groups is 1. The van der Waals surface area contributed by atoms with E-state index >= 15 is 0 Å². The minimum atomic E-state index is -0.978. The summed E-state index contributed by atoms with van der Waals surface area (Å²) in [6.07, 6.45) is 9.93. The summed E-state index contributed by atoms with van der Waals surface area (Å²) in [5.41, 5.74) is 2.69. The lowest BCUT2D eigenvalue weighted by Gasteiger charge is -2.64. The number of piperidine rings is 1. The molecule has 0 amide bonds. The molecular weight excluding hydrogens is 560 g/mol. The third-order valence-corrected chi connectivity index (χ3v) is 11.3. The molecule has 2 heterocycles. The van der Waals surface area contributed by atoms with Crippen LogP contribution in [0.15, 0.2) is 85.5 Å². The standard InChI is InChI=1S/C39H46N2O4/c1-2-23-40-25-22-38-35-30-18-19-32(42)36(35)45-37(38)31(20-21-39(38,44)34(40)26-30)41(27-33(43)29-16-10-6-11-17-29)24-12-4-3-7-13-28-14-8-5-9-15-28/h2,5-6,8-11,14-19,31,34,37,42,44H,1,3-4,7,12-13,20-27H2/t31-,34-,37+,38+,39-/m1/s1. The third-order valence-electron chi connectivity index (χ3n) is 11.3. The zero-order chi connectivity index (χ0) is 31.0. The Kier molecular flexibility index (Phi) is 8.32. The van der Waals surface area contributed by atoms with Gasteiger partial charge in [0.15, 0.2) is 17.3 Å². The van der Waals surface area contributed by atoms with Gasteiger partial charge in [0.25, 0.3) is 0 Å². The number of Topliss-reactive ketones (excluding diaryl/α,β-unsaturated/α-hetero) is 1. The van der Waals surface area contributed by atoms with Gasteiger partial charge < -0.3 is 14.9 Å². The van der Waals surface area contributed by atoms with Crippen molar-refractivity contribution in [2.24, 2.45) is 0 Å². The molecule has 5 atom stereocenters. The van der Waals surface area contributed by atoms with Crippen molar-refractivity contribution in [1.82, 2.24) is 9.80 Å². The minimum Gasteiger partial charge on any atom is -0.504 e. The van der Waals surface area contributed by atoms with E-state index < -0.39 is 11.0 Å². The van der Waals surface area contributed by atoms with Crippen molar-refractivity contribution in [3.8, 4) is 11.5 Å². The molecule has 2 fully saturated rings. The molecule has 1 saturated carbocycles. The Morgan fingerprint density at radius 2 is 1.76 bits per heavy atom. The Morgan fingerprint density at radius 3 is 2.53 bits per heavy atom. The van der Waals surface area contributed by atoms with E-state index in [1.165, 1.54) is 11.1 Å². The molecule has 2 aliphatic heterocycles. The predicted octanol–water partition coefficient (Wildman–Crippen LogP) is 6.09. The number of unbranched alkanes of at least 4 members (excludes halogenated alkanes) is 3. The molecule has 2 bridgehead atoms. The van der Waals surface area contributed by atoms with Crippen LogP contribution in [-0.2, 0) is 18.3 Å². The second kappa shape index (κ2) is 12.4. The Balaban J connectivity index is 1.16. The van der Waals surface area contributed by atoms with Crippen LogP contribution in [0, 0.1) is 0 Å². The molecule has 0 unspecified atom stereocenters. The molecule has 6 nitrogen and oxygen atoms in total. The molecule has 7 rings (SSSR count). The summed E-state index contributed by atoms with van der Waals surface area (Å²) >= 11 is 0. The highest BCUT2D eigenvalue weighted by atomic mass is 16.5. The van der Waals surface area contributed by atoms with Crippen molar-refractivity contribution >= 4 is 5.78 Å². The average molecular weight is 607 g/mol. The van der Waals surface area contributed by atoms with Crippen LogP contribution in [-0.4, -0.2) is 75.8 Å². The molecule has 1 saturated heterocycles. The van der Waals surface area contributed by atoms with Crippen LogP contribution in [0.1, 0.15) is 72.0 Å². The molecule has 2 aliphatic carbocycles. The van der Waals surface area contributed by atoms with E-state index in [0.29, 0.717) is 18.7 Å². The molecule has 4 aliphatic rings. The molecule has 2 N–H and O–H groups in total. The summed E-state index contributed by atoms with van der Waals surface area (Å²) in [6, 6.07) is 23.9. The molecule has 0 aromatic heterocycles. The highest BCUT2D eigenvalue weighted by Crippen LogP contribution is 2.65. The number of phenolic OH excluding ortho intramolecular Hbond substituents is 1. The third kappa shape index (κ3) is 5.11. The topological polar surface area (TPSA) is 73.2 Å². The van der Waals surface area contributed by atoms with Crippen molar-refractivity contribution in [2.75, 3.05) is 26.2 Å². The maximum Gasteiger partial charge on any atom is 0.176 e. The highest BCUT2D eigenvalue weighted by molar-refractivity contribution is 5.97. The smallest absolute Gasteiger partial charge is 0.176 e. The zero-order valence-corrected chi connectivity index (χ0v) is 26.2. The van der Waals surface area contributed by atoms with Crippen LogP contribution in [0.25, 0.3) is 0 Å². The normalized spacial score (nSPS) is 28.0. The first-order valence-electron chi connectivity index (χ1n) is 16.9. The monoisotopic (exact) mass is 606 g/mol. The number of aryl methyl sites for hydroxylation is 1. The van der Waals surface area contributed by atoms with Crippen LogP contribution in [0.5, 0.6) is 11.5 Å². The van der Waals surface area contributed by atoms with Gasteiger partial charge in [-0.3, -0.25) is 14.6 Å². The lowest BCUT2D eigenvalue weighted by Crippen LogP contribution is -2.78. The molecule has 6 heteroatoms. The SMILES string of the molecule is C=CCN1CC[C@]23c4c5ccc(O)c4O[C@H]2[C@H](N(CCCCCCc2ccccc2)CC(=O)c2ccccc2)CC[C@@]3(O)[C@H]1C5. The Bertz CT molecular complexity index is 1530. The van der Waals surface area contributed by atoms with Crippen molar-refractivity contribution < 1.29 is 19.7 Å². The van der Waals surface area contributed by atoms with E-state index in [4.69, 9.17) is 4.74 Å². The average Bonchev–Trinajstić information content (AvgIpc) is 3.41. The first-order valence-corrected chi connectivity index (χ1v) is 16.9. The summed E-state index contributed by atoms with van der Waals surface area (Å²) in [7, 11) is 0. The van der Waals surface area contributed by atoms with Gasteiger partial charge >= 0.3 is 0 Å². The molecule has 236 valence electrons. The van der Waals surface area contributed by atoms with Crippen LogP contribution in [0.4, 0.5) is 0 Å². The first kappa shape index (κ1) is 30.2. The fraction of sp³-hybridized carbons (Fsp3) is 0.462. The van der Waals surface area contributed by atoms with Crippen molar-refractivity contribution in [2.45, 2.75) is 87.0 Å². The van der Waals surface area contributed by atoms with E-state index in [1.54, 1.807) is 6.07 Å². The van der Waals surface area contributed by atoms with Gasteiger partial charge in [-0.1, -0.05) is 85.6 Å². The van der Waals surface area contributed by atoms with Gasteiger partial charge in [0.1, 0.15) is 6.10 Å². The fourth-order valence-corrected chi connectivity index (χ4v) is 9.27. The van der Waals surface area contributed by atoms with E-state index in [1.807, 2.05) is 42.5 Å². The highest BCUT2D eigenvalue weighted by Gasteiger charge is 2.73. The quantitative estimate of drug-likeness (QED) is 0.139. The number of hydrogen-bond acceptors (Lipinski definition) is 6. The van der Waals surface area contributed by atoms with E-state index in [-0.39, 0.29) is 29.7 Å². The Labute approximate surface area is 267 Å². The number of hydrogen-bond donors (Lipinski definition) is 2. The molecule has 1 spiro atoms. The van der Waals surface area contributed by atoms with Crippen LogP contribution in [0.2, 0.25) is 0 Å². The summed E-state index contributed by atoms with van der Waals surface area (Å²) in [6.45, 7) is 6.68. The maximum absolute atomic E-state index is 13.7. The van der Waals surface area contributed by atoms with Gasteiger partial charge in [-0.05, 0) is 75.2 Å². The molecular formula is C39H46N2O4. The van der Waals surface area contributed by atoms with E-state index in [9.17, 15) is 15.0 Å². The lowest BCUT2D eigenvalue weighted by atomic mass is 9.48. The Hall–Kier alpha value is -3.45. The summed E-state index contributed by atoms with van der Waals surface area (Å²) in [5, 5.41) is 23.9. The molecule has 3 aromatic carbocycles. The van der Waals surface area contributed by atoms with Gasteiger partial charge in [-0.15, -0.1) is 6.58 Å². The second-order valence-electron chi connectivity index (χ2n) is 13.7. The van der Waals surface area contributed by atoms with Gasteiger partial charge in [0, 0.05) is 29.8 Å². The van der Waals surface area contributed by atoms with E-state index in [2.05, 4.69) is 46.7 Å². The zero-order valence-electron chi connectivity index (χ0n) is 26.2. The maximum atomic E-state index is 13.7. The van der Waals surface area contributed by atoms with Gasteiger partial charge in [0.2, 0.25) is 0 Å². The van der Waals surface area contributed by atoms with Gasteiger partial charge in [-0.25, -0.2) is 0 Å². The number of benzene rings is 3. The predicted molar refractivity (Wildman–Crippen MR) is 177 cm³/mol. The molecule has 0 radical (unpaired) electrons. The number of carbonyl (C=O) groups excluding carboxylic acids is 1. The number of aromatic hydroxyl groups is 1. The van der Waals surface area contributed by atoms with Gasteiger partial charge in [0.05, 0.1) is 17.6 Å². The van der Waals surface area contributed by atoms with Crippen molar-refractivity contribution in [3.05, 3.63) is 108 Å². The van der Waals surface area contributed by atoms with Gasteiger partial charge in [-0.2, -0.15) is 0 Å². The number of aliphatic hydroxyl groups is 1. The molecule has 3 aromatic rings. The fourth-order valence-electron chi connectivity index (χ4n) is 9.27. The molecule has 45 heavy (non-hydrogen) atoms. The summed E-state index contributed by atoms with van der Waals surface area (Å²) in [5.74, 6) is 0.809. The number of rotatable bonds is 13. The minimum absolute atomic E-state index is 0.0386. The van der Waals surface area contributed by atoms with Crippen molar-refractivity contribution in [3.63, 3.8) is 0 Å². The summed E-state index contributed by atoms with van der Waals surface area (Å²) < 4.78 is 6.84.